The Labute approximate surface area is 172 Å². The number of alkyl halides is 1. The highest BCUT2D eigenvalue weighted by Crippen LogP contribution is 2.38. The van der Waals surface area contributed by atoms with Crippen LogP contribution in [0.15, 0.2) is 42.5 Å². The van der Waals surface area contributed by atoms with Gasteiger partial charge in [0.1, 0.15) is 30.2 Å². The Balaban J connectivity index is 1.92. The first kappa shape index (κ1) is 21.3. The highest BCUT2D eigenvalue weighted by atomic mass is 35.5. The summed E-state index contributed by atoms with van der Waals surface area (Å²) in [6.07, 6.45) is -5.39. The second kappa shape index (κ2) is 8.55. The highest BCUT2D eigenvalue weighted by molar-refractivity contribution is 6.31. The molecular formula is C20H22Cl2O6. The van der Waals surface area contributed by atoms with Gasteiger partial charge in [-0.2, -0.15) is 0 Å². The summed E-state index contributed by atoms with van der Waals surface area (Å²) in [5.41, 5.74) is 1.86. The predicted octanol–water partition coefficient (Wildman–Crippen LogP) is 1.80. The van der Waals surface area contributed by atoms with E-state index in [9.17, 15) is 20.4 Å². The van der Waals surface area contributed by atoms with E-state index in [1.54, 1.807) is 19.2 Å². The minimum absolute atomic E-state index is 0.167. The Morgan fingerprint density at radius 1 is 1.07 bits per heavy atom. The van der Waals surface area contributed by atoms with Crippen LogP contribution in [0.5, 0.6) is 5.75 Å². The zero-order valence-corrected chi connectivity index (χ0v) is 16.6. The van der Waals surface area contributed by atoms with E-state index in [2.05, 4.69) is 0 Å². The fourth-order valence-electron chi connectivity index (χ4n) is 3.27. The van der Waals surface area contributed by atoms with Crippen molar-refractivity contribution in [1.29, 1.82) is 0 Å². The average molecular weight is 429 g/mol. The van der Waals surface area contributed by atoms with Crippen molar-refractivity contribution >= 4 is 23.2 Å². The summed E-state index contributed by atoms with van der Waals surface area (Å²) >= 11 is 12.1. The zero-order valence-electron chi connectivity index (χ0n) is 15.1. The van der Waals surface area contributed by atoms with Gasteiger partial charge in [-0.3, -0.25) is 0 Å². The first-order valence-electron chi connectivity index (χ1n) is 8.72. The molecule has 1 aliphatic rings. The molecule has 6 nitrogen and oxygen atoms in total. The van der Waals surface area contributed by atoms with Crippen molar-refractivity contribution in [2.24, 2.45) is 0 Å². The van der Waals surface area contributed by atoms with Crippen LogP contribution < -0.4 is 4.74 Å². The number of aliphatic hydroxyl groups is 4. The molecule has 3 rings (SSSR count). The zero-order chi connectivity index (χ0) is 20.5. The smallest absolute Gasteiger partial charge is 0.222 e. The Morgan fingerprint density at radius 2 is 1.75 bits per heavy atom. The van der Waals surface area contributed by atoms with Gasteiger partial charge in [-0.05, 0) is 41.8 Å². The Morgan fingerprint density at radius 3 is 2.36 bits per heavy atom. The van der Waals surface area contributed by atoms with Crippen molar-refractivity contribution in [2.45, 2.75) is 36.6 Å². The van der Waals surface area contributed by atoms with Crippen LogP contribution in [0.25, 0.3) is 0 Å². The van der Waals surface area contributed by atoms with Gasteiger partial charge < -0.3 is 29.9 Å². The van der Waals surface area contributed by atoms with Gasteiger partial charge in [-0.15, -0.1) is 11.6 Å². The topological polar surface area (TPSA) is 99.4 Å². The van der Waals surface area contributed by atoms with Crippen molar-refractivity contribution in [1.82, 2.24) is 0 Å². The molecule has 0 saturated carbocycles. The maximum atomic E-state index is 11.0. The van der Waals surface area contributed by atoms with E-state index in [-0.39, 0.29) is 11.4 Å². The lowest BCUT2D eigenvalue weighted by Gasteiger charge is -2.45. The molecule has 4 N–H and O–H groups in total. The molecule has 0 aliphatic carbocycles. The number of aliphatic hydroxyl groups excluding tert-OH is 3. The molecule has 2 aromatic rings. The number of rotatable bonds is 5. The van der Waals surface area contributed by atoms with Gasteiger partial charge in [0.05, 0.1) is 13.0 Å². The lowest BCUT2D eigenvalue weighted by atomic mass is 9.87. The summed E-state index contributed by atoms with van der Waals surface area (Å²) in [5, 5.41) is 41.9. The molecule has 2 aromatic carbocycles. The molecule has 0 amide bonds. The number of benzene rings is 2. The molecule has 1 saturated heterocycles. The standard InChI is InChI=1S/C20H22Cl2O6/c1-27-14-5-2-11(3-6-14)8-12-9-13(4-7-15(12)22)20(26)19(25)18(24)17(23)16(10-21)28-20/h2-7,9,16-19,23-26H,8,10H2,1H3/t16-,17-,18+,19-,20+/m1/s1. The van der Waals surface area contributed by atoms with Crippen molar-refractivity contribution in [3.8, 4) is 5.75 Å². The summed E-state index contributed by atoms with van der Waals surface area (Å²) in [7, 11) is 1.59. The van der Waals surface area contributed by atoms with E-state index in [1.165, 1.54) is 6.07 Å². The van der Waals surface area contributed by atoms with E-state index in [1.807, 2.05) is 24.3 Å². The molecule has 28 heavy (non-hydrogen) atoms. The third kappa shape index (κ3) is 4.00. The molecule has 0 aromatic heterocycles. The fourth-order valence-corrected chi connectivity index (χ4v) is 3.70. The molecule has 8 heteroatoms. The van der Waals surface area contributed by atoms with Crippen LogP contribution in [-0.2, 0) is 16.9 Å². The normalized spacial score (nSPS) is 30.2. The second-order valence-electron chi connectivity index (χ2n) is 6.76. The van der Waals surface area contributed by atoms with Gasteiger partial charge in [-0.1, -0.05) is 29.8 Å². The van der Waals surface area contributed by atoms with Gasteiger partial charge in [0.2, 0.25) is 5.79 Å². The minimum atomic E-state index is -2.24. The third-order valence-corrected chi connectivity index (χ3v) is 5.62. The van der Waals surface area contributed by atoms with E-state index >= 15 is 0 Å². The molecule has 0 spiro atoms. The summed E-state index contributed by atoms with van der Waals surface area (Å²) in [5.74, 6) is -1.67. The number of ether oxygens (including phenoxy) is 2. The monoisotopic (exact) mass is 428 g/mol. The maximum absolute atomic E-state index is 11.0. The average Bonchev–Trinajstić information content (AvgIpc) is 2.71. The molecular weight excluding hydrogens is 407 g/mol. The van der Waals surface area contributed by atoms with Gasteiger partial charge in [0, 0.05) is 10.6 Å². The first-order valence-corrected chi connectivity index (χ1v) is 9.63. The molecule has 152 valence electrons. The van der Waals surface area contributed by atoms with Crippen LogP contribution in [0.1, 0.15) is 16.7 Å². The predicted molar refractivity (Wildman–Crippen MR) is 105 cm³/mol. The summed E-state index contributed by atoms with van der Waals surface area (Å²) in [6.45, 7) is 0. The van der Waals surface area contributed by atoms with Crippen molar-refractivity contribution < 1.29 is 29.9 Å². The number of halogens is 2. The molecule has 1 heterocycles. The minimum Gasteiger partial charge on any atom is -0.497 e. The van der Waals surface area contributed by atoms with Crippen LogP contribution in [0, 0.1) is 0 Å². The Kier molecular flexibility index (Phi) is 6.51. The molecule has 0 bridgehead atoms. The van der Waals surface area contributed by atoms with Crippen LogP contribution in [-0.4, -0.2) is 57.8 Å². The van der Waals surface area contributed by atoms with Crippen molar-refractivity contribution in [2.75, 3.05) is 13.0 Å². The fraction of sp³-hybridized carbons (Fsp3) is 0.400. The summed E-state index contributed by atoms with van der Waals surface area (Å²) in [6, 6.07) is 12.1. The first-order chi connectivity index (χ1) is 13.3. The lowest BCUT2D eigenvalue weighted by molar-refractivity contribution is -0.350. The largest absolute Gasteiger partial charge is 0.497 e. The molecule has 0 unspecified atom stereocenters. The molecule has 0 radical (unpaired) electrons. The van der Waals surface area contributed by atoms with Crippen molar-refractivity contribution in [3.63, 3.8) is 0 Å². The SMILES string of the molecule is COc1ccc(Cc2cc([C@]3(O)O[C@H](CCl)[C@@H](O)[C@H](O)[C@H]3O)ccc2Cl)cc1. The van der Waals surface area contributed by atoms with Gasteiger partial charge >= 0.3 is 0 Å². The Hall–Kier alpha value is -1.38. The highest BCUT2D eigenvalue weighted by Gasteiger charge is 2.53. The van der Waals surface area contributed by atoms with Crippen LogP contribution in [0.2, 0.25) is 5.02 Å². The maximum Gasteiger partial charge on any atom is 0.222 e. The van der Waals surface area contributed by atoms with Gasteiger partial charge in [-0.25, -0.2) is 0 Å². The lowest BCUT2D eigenvalue weighted by Crippen LogP contribution is -2.63. The van der Waals surface area contributed by atoms with E-state index in [4.69, 9.17) is 32.7 Å². The molecule has 1 aliphatic heterocycles. The number of hydrogen-bond acceptors (Lipinski definition) is 6. The van der Waals surface area contributed by atoms with Crippen molar-refractivity contribution in [3.05, 3.63) is 64.2 Å². The quantitative estimate of drug-likeness (QED) is 0.542. The van der Waals surface area contributed by atoms with E-state index < -0.39 is 30.2 Å². The van der Waals surface area contributed by atoms with Crippen LogP contribution in [0.4, 0.5) is 0 Å². The summed E-state index contributed by atoms with van der Waals surface area (Å²) < 4.78 is 10.6. The Bertz CT molecular complexity index is 813. The second-order valence-corrected chi connectivity index (χ2v) is 7.48. The van der Waals surface area contributed by atoms with Crippen LogP contribution in [0.3, 0.4) is 0 Å². The van der Waals surface area contributed by atoms with E-state index in [0.29, 0.717) is 17.0 Å². The molecule has 5 atom stereocenters. The van der Waals surface area contributed by atoms with E-state index in [0.717, 1.165) is 11.3 Å². The van der Waals surface area contributed by atoms with Gasteiger partial charge in [0.15, 0.2) is 0 Å². The summed E-state index contributed by atoms with van der Waals surface area (Å²) in [4.78, 5) is 0. The number of methoxy groups -OCH3 is 1. The molecule has 1 fully saturated rings. The number of hydrogen-bond donors (Lipinski definition) is 4. The van der Waals surface area contributed by atoms with Crippen LogP contribution >= 0.6 is 23.2 Å². The van der Waals surface area contributed by atoms with Gasteiger partial charge in [0.25, 0.3) is 0 Å². The third-order valence-electron chi connectivity index (χ3n) is 4.95.